The predicted octanol–water partition coefficient (Wildman–Crippen LogP) is 5.19. The summed E-state index contributed by atoms with van der Waals surface area (Å²) in [6, 6.07) is 1.89. The van der Waals surface area contributed by atoms with Crippen LogP contribution in [0.4, 0.5) is 51.8 Å². The number of aryl methyl sites for hydroxylation is 2. The molecule has 0 unspecified atom stereocenters. The van der Waals surface area contributed by atoms with E-state index < -0.39 is 21.8 Å². The molecular formula is C5H7B3F12NO-3. The van der Waals surface area contributed by atoms with Crippen molar-refractivity contribution in [3.8, 4) is 0 Å². The summed E-state index contributed by atoms with van der Waals surface area (Å²) in [6.45, 7) is 3.77. The summed E-state index contributed by atoms with van der Waals surface area (Å²) in [5.74, 6) is 0.873. The minimum atomic E-state index is -6.00. The third kappa shape index (κ3) is 100. The second-order valence-electron chi connectivity index (χ2n) is 3.06. The minimum absolute atomic E-state index is 0.873. The zero-order valence-electron chi connectivity index (χ0n) is 10.7. The Bertz CT molecular complexity index is 320. The molecule has 2 nitrogen and oxygen atoms in total. The minimum Gasteiger partial charge on any atom is -0.418 e. The lowest BCUT2D eigenvalue weighted by Gasteiger charge is -1.94. The Morgan fingerprint density at radius 1 is 0.682 bits per heavy atom. The van der Waals surface area contributed by atoms with E-state index in [0.717, 1.165) is 11.5 Å². The molecule has 0 saturated carbocycles. The molecule has 1 heterocycles. The molecule has 0 aliphatic carbocycles. The van der Waals surface area contributed by atoms with Crippen molar-refractivity contribution in [3.05, 3.63) is 17.5 Å². The predicted molar refractivity (Wildman–Crippen MR) is 56.5 cm³/mol. The molecular weight excluding hydrogens is 350 g/mol. The largest absolute Gasteiger partial charge is 0.673 e. The van der Waals surface area contributed by atoms with E-state index in [0.29, 0.717) is 0 Å². The van der Waals surface area contributed by atoms with Gasteiger partial charge < -0.3 is 56.3 Å². The lowest BCUT2D eigenvalue weighted by atomic mass is 10.3. The molecule has 0 spiro atoms. The second kappa shape index (κ2) is 10.3. The highest BCUT2D eigenvalue weighted by Crippen LogP contribution is 2.07. The molecule has 0 N–H and O–H groups in total. The van der Waals surface area contributed by atoms with Crippen LogP contribution in [0, 0.1) is 13.8 Å². The second-order valence-corrected chi connectivity index (χ2v) is 3.06. The van der Waals surface area contributed by atoms with Gasteiger partial charge in [-0.15, -0.1) is 0 Å². The van der Waals surface area contributed by atoms with E-state index in [1.54, 1.807) is 0 Å². The molecule has 0 aliphatic heterocycles. The maximum absolute atomic E-state index is 9.75. The van der Waals surface area contributed by atoms with Gasteiger partial charge in [-0.1, -0.05) is 5.16 Å². The van der Waals surface area contributed by atoms with Gasteiger partial charge in [0.05, 0.1) is 5.69 Å². The molecule has 0 aliphatic rings. The SMILES string of the molecule is Cc1cc(C)on1.F[B-](F)(F)F.F[B-](F)(F)F.F[B-](F)(F)F. The quantitative estimate of drug-likeness (QED) is 0.472. The fraction of sp³-hybridized carbons (Fsp3) is 0.400. The Balaban J connectivity index is -0.000000223. The number of halogens is 12. The van der Waals surface area contributed by atoms with Crippen LogP contribution in [0.2, 0.25) is 0 Å². The van der Waals surface area contributed by atoms with Crippen LogP contribution in [-0.2, 0) is 0 Å². The van der Waals surface area contributed by atoms with Crippen LogP contribution < -0.4 is 0 Å². The van der Waals surface area contributed by atoms with Crippen molar-refractivity contribution in [1.29, 1.82) is 0 Å². The standard InChI is InChI=1S/C5H7NO.3BF4/c1-4-3-5(2)7-6-4;3*2-1(3,4)5/h3H,1-2H3;;;/q;3*-1. The normalized spacial score (nSPS) is 11.2. The third-order valence-electron chi connectivity index (χ3n) is 0.746. The Hall–Kier alpha value is -1.44. The van der Waals surface area contributed by atoms with Crippen LogP contribution in [0.5, 0.6) is 0 Å². The molecule has 0 aromatic carbocycles. The summed E-state index contributed by atoms with van der Waals surface area (Å²) in [5.41, 5.74) is 0.942. The first-order valence-corrected chi connectivity index (χ1v) is 4.81. The van der Waals surface area contributed by atoms with Gasteiger partial charge in [0.15, 0.2) is 0 Å². The first kappa shape index (κ1) is 25.5. The third-order valence-corrected chi connectivity index (χ3v) is 0.746. The van der Waals surface area contributed by atoms with Crippen LogP contribution in [0.25, 0.3) is 0 Å². The Morgan fingerprint density at radius 2 is 0.909 bits per heavy atom. The van der Waals surface area contributed by atoms with Gasteiger partial charge in [-0.3, -0.25) is 0 Å². The highest BCUT2D eigenvalue weighted by Gasteiger charge is 2.21. The lowest BCUT2D eigenvalue weighted by molar-refractivity contribution is 0.366. The van der Waals surface area contributed by atoms with E-state index in [2.05, 4.69) is 5.16 Å². The molecule has 17 heteroatoms. The first-order chi connectivity index (χ1) is 9.29. The molecule has 0 atom stereocenters. The number of nitrogens with zero attached hydrogens (tertiary/aromatic N) is 1. The zero-order chi connectivity index (χ0) is 18.8. The van der Waals surface area contributed by atoms with Gasteiger partial charge in [0.1, 0.15) is 5.76 Å². The maximum atomic E-state index is 9.75. The van der Waals surface area contributed by atoms with Gasteiger partial charge >= 0.3 is 21.8 Å². The fourth-order valence-corrected chi connectivity index (χ4v) is 0.491. The highest BCUT2D eigenvalue weighted by molar-refractivity contribution is 6.50. The van der Waals surface area contributed by atoms with Crippen LogP contribution >= 0.6 is 0 Å². The van der Waals surface area contributed by atoms with Crippen molar-refractivity contribution in [2.75, 3.05) is 0 Å². The van der Waals surface area contributed by atoms with Crippen molar-refractivity contribution < 1.29 is 56.3 Å². The Kier molecular flexibility index (Phi) is 12.0. The Morgan fingerprint density at radius 3 is 0.955 bits per heavy atom. The smallest absolute Gasteiger partial charge is 0.418 e. The summed E-state index contributed by atoms with van der Waals surface area (Å²) in [4.78, 5) is 0. The van der Waals surface area contributed by atoms with Crippen molar-refractivity contribution >= 4 is 21.8 Å². The topological polar surface area (TPSA) is 26.0 Å². The van der Waals surface area contributed by atoms with Crippen molar-refractivity contribution in [3.63, 3.8) is 0 Å². The molecule has 134 valence electrons. The molecule has 1 aromatic rings. The van der Waals surface area contributed by atoms with Crippen molar-refractivity contribution in [2.45, 2.75) is 13.8 Å². The summed E-state index contributed by atoms with van der Waals surface area (Å²) < 4.78 is 122. The van der Waals surface area contributed by atoms with Gasteiger partial charge in [-0.25, -0.2) is 0 Å². The average molecular weight is 358 g/mol. The molecule has 1 aromatic heterocycles. The van der Waals surface area contributed by atoms with Crippen LogP contribution in [0.15, 0.2) is 10.6 Å². The van der Waals surface area contributed by atoms with E-state index >= 15 is 0 Å². The van der Waals surface area contributed by atoms with Gasteiger partial charge in [-0.05, 0) is 13.8 Å². The molecule has 22 heavy (non-hydrogen) atoms. The van der Waals surface area contributed by atoms with Gasteiger partial charge in [-0.2, -0.15) is 0 Å². The molecule has 0 saturated heterocycles. The van der Waals surface area contributed by atoms with E-state index in [4.69, 9.17) is 4.52 Å². The van der Waals surface area contributed by atoms with Crippen molar-refractivity contribution in [1.82, 2.24) is 5.16 Å². The zero-order valence-corrected chi connectivity index (χ0v) is 10.7. The summed E-state index contributed by atoms with van der Waals surface area (Å²) in [5, 5.41) is 3.64. The molecule has 1 rings (SSSR count). The number of hydrogen-bond acceptors (Lipinski definition) is 2. The molecule has 0 bridgehead atoms. The van der Waals surface area contributed by atoms with Crippen molar-refractivity contribution in [2.24, 2.45) is 0 Å². The fourth-order valence-electron chi connectivity index (χ4n) is 0.491. The lowest BCUT2D eigenvalue weighted by Crippen LogP contribution is -2.02. The maximum Gasteiger partial charge on any atom is 0.673 e. The number of rotatable bonds is 0. The monoisotopic (exact) mass is 358 g/mol. The first-order valence-electron chi connectivity index (χ1n) is 4.81. The van der Waals surface area contributed by atoms with E-state index in [9.17, 15) is 51.8 Å². The number of hydrogen-bond donors (Lipinski definition) is 0. The van der Waals surface area contributed by atoms with Crippen LogP contribution in [0.3, 0.4) is 0 Å². The van der Waals surface area contributed by atoms with Gasteiger partial charge in [0.25, 0.3) is 0 Å². The molecule has 0 radical (unpaired) electrons. The van der Waals surface area contributed by atoms with E-state index in [1.807, 2.05) is 19.9 Å². The van der Waals surface area contributed by atoms with Crippen LogP contribution in [0.1, 0.15) is 11.5 Å². The van der Waals surface area contributed by atoms with Gasteiger partial charge in [0.2, 0.25) is 0 Å². The Labute approximate surface area is 116 Å². The van der Waals surface area contributed by atoms with Crippen LogP contribution in [-0.4, -0.2) is 26.9 Å². The number of aromatic nitrogens is 1. The molecule has 0 fully saturated rings. The van der Waals surface area contributed by atoms with E-state index in [-0.39, 0.29) is 0 Å². The summed E-state index contributed by atoms with van der Waals surface area (Å²) >= 11 is 0. The van der Waals surface area contributed by atoms with Gasteiger partial charge in [0, 0.05) is 6.07 Å². The average Bonchev–Trinajstić information content (AvgIpc) is 2.39. The summed E-state index contributed by atoms with van der Waals surface area (Å²) in [6.07, 6.45) is 0. The highest BCUT2D eigenvalue weighted by atomic mass is 19.5. The van der Waals surface area contributed by atoms with E-state index in [1.165, 1.54) is 0 Å². The molecule has 0 amide bonds. The summed E-state index contributed by atoms with van der Waals surface area (Å²) in [7, 11) is -18.0.